The van der Waals surface area contributed by atoms with Crippen LogP contribution < -0.4 is 10.2 Å². The van der Waals surface area contributed by atoms with Gasteiger partial charge in [0.25, 0.3) is 5.91 Å². The Morgan fingerprint density at radius 1 is 1.25 bits per heavy atom. The number of nitrogens with one attached hydrogen (secondary N) is 1. The SMILES string of the molecule is CN(C(=O)c1ccc(F)cc1)c1nc(-c2cc(NCC(C)(C)O)ncn2)cs1. The molecule has 3 aromatic rings. The van der Waals surface area contributed by atoms with Crippen molar-refractivity contribution in [3.05, 3.63) is 53.4 Å². The average molecular weight is 401 g/mol. The highest BCUT2D eigenvalue weighted by Gasteiger charge is 2.18. The molecule has 28 heavy (non-hydrogen) atoms. The molecule has 0 aliphatic heterocycles. The number of nitrogens with zero attached hydrogens (tertiary/aromatic N) is 4. The highest BCUT2D eigenvalue weighted by atomic mass is 32.1. The molecule has 0 aliphatic rings. The van der Waals surface area contributed by atoms with Crippen LogP contribution in [0.1, 0.15) is 24.2 Å². The van der Waals surface area contributed by atoms with Crippen molar-refractivity contribution in [3.63, 3.8) is 0 Å². The molecule has 0 aliphatic carbocycles. The Kier molecular flexibility index (Phi) is 5.66. The van der Waals surface area contributed by atoms with Gasteiger partial charge < -0.3 is 10.4 Å². The Morgan fingerprint density at radius 2 is 1.96 bits per heavy atom. The summed E-state index contributed by atoms with van der Waals surface area (Å²) in [6.07, 6.45) is 1.41. The minimum atomic E-state index is -0.873. The van der Waals surface area contributed by atoms with Gasteiger partial charge in [-0.2, -0.15) is 0 Å². The molecule has 0 radical (unpaired) electrons. The van der Waals surface area contributed by atoms with Gasteiger partial charge in [0, 0.05) is 30.6 Å². The van der Waals surface area contributed by atoms with E-state index in [0.717, 1.165) is 0 Å². The first kappa shape index (κ1) is 19.8. The number of aromatic nitrogens is 3. The van der Waals surface area contributed by atoms with E-state index in [4.69, 9.17) is 0 Å². The van der Waals surface area contributed by atoms with E-state index >= 15 is 0 Å². The van der Waals surface area contributed by atoms with Crippen LogP contribution in [-0.2, 0) is 0 Å². The molecule has 2 aromatic heterocycles. The second-order valence-corrected chi connectivity index (χ2v) is 7.68. The molecule has 0 spiro atoms. The van der Waals surface area contributed by atoms with E-state index in [-0.39, 0.29) is 5.91 Å². The van der Waals surface area contributed by atoms with E-state index in [1.807, 2.05) is 0 Å². The molecule has 7 nitrogen and oxygen atoms in total. The first-order valence-electron chi connectivity index (χ1n) is 8.51. The van der Waals surface area contributed by atoms with Crippen molar-refractivity contribution in [2.75, 3.05) is 23.8 Å². The summed E-state index contributed by atoms with van der Waals surface area (Å²) >= 11 is 1.30. The molecule has 146 valence electrons. The van der Waals surface area contributed by atoms with Gasteiger partial charge in [-0.05, 0) is 38.1 Å². The Hall–Kier alpha value is -2.91. The minimum absolute atomic E-state index is 0.281. The number of thiazole rings is 1. The van der Waals surface area contributed by atoms with Crippen LogP contribution >= 0.6 is 11.3 Å². The molecular weight excluding hydrogens is 381 g/mol. The Morgan fingerprint density at radius 3 is 2.64 bits per heavy atom. The number of hydrogen-bond acceptors (Lipinski definition) is 7. The monoisotopic (exact) mass is 401 g/mol. The largest absolute Gasteiger partial charge is 0.389 e. The first-order valence-corrected chi connectivity index (χ1v) is 9.39. The zero-order valence-corrected chi connectivity index (χ0v) is 16.5. The molecule has 9 heteroatoms. The highest BCUT2D eigenvalue weighted by Crippen LogP contribution is 2.27. The second-order valence-electron chi connectivity index (χ2n) is 6.84. The van der Waals surface area contributed by atoms with Gasteiger partial charge in [-0.3, -0.25) is 9.69 Å². The number of benzene rings is 1. The Balaban J connectivity index is 1.76. The van der Waals surface area contributed by atoms with Gasteiger partial charge in [0.15, 0.2) is 5.13 Å². The molecule has 2 N–H and O–H groups in total. The topological polar surface area (TPSA) is 91.2 Å². The number of hydrogen-bond donors (Lipinski definition) is 2. The van der Waals surface area contributed by atoms with Crippen LogP contribution in [-0.4, -0.2) is 45.2 Å². The molecule has 3 rings (SSSR count). The van der Waals surface area contributed by atoms with Crippen molar-refractivity contribution in [2.24, 2.45) is 0 Å². The lowest BCUT2D eigenvalue weighted by Gasteiger charge is -2.17. The fourth-order valence-electron chi connectivity index (χ4n) is 2.31. The van der Waals surface area contributed by atoms with E-state index in [1.165, 1.54) is 46.8 Å². The van der Waals surface area contributed by atoms with Gasteiger partial charge in [-0.1, -0.05) is 0 Å². The summed E-state index contributed by atoms with van der Waals surface area (Å²) in [5.41, 5.74) is 0.703. The van der Waals surface area contributed by atoms with Crippen LogP contribution in [0.4, 0.5) is 15.3 Å². The number of halogens is 1. The summed E-state index contributed by atoms with van der Waals surface area (Å²) in [6.45, 7) is 3.73. The maximum Gasteiger partial charge on any atom is 0.259 e. The first-order chi connectivity index (χ1) is 13.2. The zero-order chi connectivity index (χ0) is 20.3. The van der Waals surface area contributed by atoms with Crippen LogP contribution in [0, 0.1) is 5.82 Å². The van der Waals surface area contributed by atoms with Gasteiger partial charge in [0.2, 0.25) is 0 Å². The lowest BCUT2D eigenvalue weighted by atomic mass is 10.1. The van der Waals surface area contributed by atoms with Crippen LogP contribution in [0.3, 0.4) is 0 Å². The van der Waals surface area contributed by atoms with Gasteiger partial charge in [0.05, 0.1) is 11.3 Å². The molecule has 1 amide bonds. The summed E-state index contributed by atoms with van der Waals surface area (Å²) in [6, 6.07) is 7.10. The van der Waals surface area contributed by atoms with E-state index in [0.29, 0.717) is 34.4 Å². The predicted molar refractivity (Wildman–Crippen MR) is 107 cm³/mol. The van der Waals surface area contributed by atoms with E-state index < -0.39 is 11.4 Å². The van der Waals surface area contributed by atoms with Crippen molar-refractivity contribution >= 4 is 28.2 Å². The Labute approximate surface area is 165 Å². The Bertz CT molecular complexity index is 969. The van der Waals surface area contributed by atoms with Crippen molar-refractivity contribution in [1.29, 1.82) is 0 Å². The number of rotatable bonds is 6. The van der Waals surface area contributed by atoms with Gasteiger partial charge in [-0.15, -0.1) is 11.3 Å². The summed E-state index contributed by atoms with van der Waals surface area (Å²) in [4.78, 5) is 26.8. The molecule has 0 atom stereocenters. The van der Waals surface area contributed by atoms with Gasteiger partial charge in [0.1, 0.15) is 23.7 Å². The number of carbonyl (C=O) groups is 1. The average Bonchev–Trinajstić information content (AvgIpc) is 3.16. The predicted octanol–water partition coefficient (Wildman–Crippen LogP) is 3.20. The van der Waals surface area contributed by atoms with E-state index in [9.17, 15) is 14.3 Å². The molecular formula is C19H20FN5O2S. The summed E-state index contributed by atoms with van der Waals surface area (Å²) in [7, 11) is 1.62. The van der Waals surface area contributed by atoms with Crippen molar-refractivity contribution < 1.29 is 14.3 Å². The van der Waals surface area contributed by atoms with E-state index in [1.54, 1.807) is 32.3 Å². The third-order valence-electron chi connectivity index (χ3n) is 3.81. The highest BCUT2D eigenvalue weighted by molar-refractivity contribution is 7.14. The molecule has 0 saturated heterocycles. The van der Waals surface area contributed by atoms with Crippen molar-refractivity contribution in [2.45, 2.75) is 19.4 Å². The summed E-state index contributed by atoms with van der Waals surface area (Å²) in [5, 5.41) is 15.2. The number of anilines is 2. The van der Waals surface area contributed by atoms with Crippen molar-refractivity contribution in [1.82, 2.24) is 15.0 Å². The molecule has 0 saturated carbocycles. The molecule has 0 bridgehead atoms. The smallest absolute Gasteiger partial charge is 0.259 e. The number of carbonyl (C=O) groups excluding carboxylic acids is 1. The van der Waals surface area contributed by atoms with Crippen LogP contribution in [0.15, 0.2) is 42.0 Å². The lowest BCUT2D eigenvalue weighted by molar-refractivity contribution is 0.0943. The summed E-state index contributed by atoms with van der Waals surface area (Å²) in [5.74, 6) is -0.109. The minimum Gasteiger partial charge on any atom is -0.389 e. The maximum absolute atomic E-state index is 13.1. The third kappa shape index (κ3) is 4.87. The van der Waals surface area contributed by atoms with Crippen LogP contribution in [0.25, 0.3) is 11.4 Å². The fourth-order valence-corrected chi connectivity index (χ4v) is 3.09. The fraction of sp³-hybridized carbons (Fsp3) is 0.263. The summed E-state index contributed by atoms with van der Waals surface area (Å²) < 4.78 is 13.1. The van der Waals surface area contributed by atoms with Crippen LogP contribution in [0.2, 0.25) is 0 Å². The quantitative estimate of drug-likeness (QED) is 0.659. The zero-order valence-electron chi connectivity index (χ0n) is 15.7. The van der Waals surface area contributed by atoms with Gasteiger partial charge in [-0.25, -0.2) is 19.3 Å². The number of aliphatic hydroxyl groups is 1. The standard InChI is InChI=1S/C19H20FN5O2S/c1-19(2,27)10-21-16-8-14(22-11-23-16)15-9-28-18(24-15)25(3)17(26)12-4-6-13(20)7-5-12/h4-9,11,27H,10H2,1-3H3,(H,21,22,23). The van der Waals surface area contributed by atoms with Crippen molar-refractivity contribution in [3.8, 4) is 11.4 Å². The normalized spacial score (nSPS) is 11.3. The lowest BCUT2D eigenvalue weighted by Crippen LogP contribution is -2.29. The second kappa shape index (κ2) is 7.99. The molecule has 2 heterocycles. The number of amides is 1. The molecule has 0 unspecified atom stereocenters. The molecule has 1 aromatic carbocycles. The maximum atomic E-state index is 13.1. The molecule has 0 fully saturated rings. The van der Waals surface area contributed by atoms with Crippen LogP contribution in [0.5, 0.6) is 0 Å². The van der Waals surface area contributed by atoms with Gasteiger partial charge >= 0.3 is 0 Å². The van der Waals surface area contributed by atoms with E-state index in [2.05, 4.69) is 20.3 Å². The third-order valence-corrected chi connectivity index (χ3v) is 4.72.